The number of Topliss-reactive ketones (excluding diaryl/α,β-unsaturated/α-hetero) is 1. The minimum Gasteiger partial charge on any atom is -0.505 e. The van der Waals surface area contributed by atoms with Crippen molar-refractivity contribution in [1.29, 1.82) is 0 Å². The van der Waals surface area contributed by atoms with Crippen molar-refractivity contribution in [3.8, 4) is 11.5 Å². The molecular formula is C36H30N4O5S. The molecule has 9 nitrogen and oxygen atoms in total. The van der Waals surface area contributed by atoms with Gasteiger partial charge in [-0.3, -0.25) is 14.5 Å². The number of methoxy groups -OCH3 is 1. The van der Waals surface area contributed by atoms with E-state index in [1.54, 1.807) is 18.2 Å². The normalized spacial score (nSPS) is 16.1. The van der Waals surface area contributed by atoms with Gasteiger partial charge in [0, 0.05) is 6.20 Å². The van der Waals surface area contributed by atoms with Crippen LogP contribution in [0.4, 0.5) is 5.13 Å². The van der Waals surface area contributed by atoms with Crippen LogP contribution >= 0.6 is 11.3 Å². The van der Waals surface area contributed by atoms with Crippen molar-refractivity contribution in [2.75, 3.05) is 12.0 Å². The van der Waals surface area contributed by atoms with Crippen molar-refractivity contribution in [3.05, 3.63) is 124 Å². The number of aliphatic hydroxyl groups excluding tert-OH is 1. The molecule has 4 heterocycles. The molecule has 6 aromatic rings. The third kappa shape index (κ3) is 4.87. The Bertz CT molecular complexity index is 2200. The van der Waals surface area contributed by atoms with Gasteiger partial charge in [0.25, 0.3) is 5.78 Å². The maximum atomic E-state index is 13.9. The Balaban J connectivity index is 1.39. The Morgan fingerprint density at radius 3 is 2.50 bits per heavy atom. The second-order valence-corrected chi connectivity index (χ2v) is 12.3. The van der Waals surface area contributed by atoms with Gasteiger partial charge in [-0.1, -0.05) is 59.9 Å². The van der Waals surface area contributed by atoms with Crippen LogP contribution in [0.2, 0.25) is 0 Å². The fourth-order valence-corrected chi connectivity index (χ4v) is 6.94. The van der Waals surface area contributed by atoms with Crippen LogP contribution < -0.4 is 14.4 Å². The molecule has 0 saturated carbocycles. The average Bonchev–Trinajstić information content (AvgIpc) is 3.72. The number of ether oxygens (including phenoxy) is 2. The van der Waals surface area contributed by atoms with Crippen molar-refractivity contribution in [2.45, 2.75) is 33.4 Å². The standard InChI is InChI=1S/C36H30N4O5S/c1-20-12-14-25-28(17-20)46-36(37-25)40-31(24-13-15-26(27(18-24)44-4)45-19-23-10-6-5-7-11-23)29(33(42)35(40)43)32(41)30-22(3)39-16-8-9-21(2)34(39)38-30/h5-18,31,41H,19H2,1-4H3/b32-29+. The highest BCUT2D eigenvalue weighted by Crippen LogP contribution is 2.46. The van der Waals surface area contributed by atoms with Crippen LogP contribution in [0.15, 0.2) is 90.6 Å². The molecule has 1 aliphatic rings. The first kappa shape index (κ1) is 29.2. The van der Waals surface area contributed by atoms with E-state index in [0.29, 0.717) is 45.7 Å². The first-order valence-electron chi connectivity index (χ1n) is 14.7. The number of hydrogen-bond donors (Lipinski definition) is 1. The number of aryl methyl sites for hydroxylation is 3. The molecule has 1 aliphatic heterocycles. The van der Waals surface area contributed by atoms with E-state index in [1.807, 2.05) is 92.0 Å². The molecule has 0 radical (unpaired) electrons. The van der Waals surface area contributed by atoms with E-state index in [1.165, 1.54) is 23.3 Å². The number of aromatic nitrogens is 3. The number of nitrogens with zero attached hydrogens (tertiary/aromatic N) is 4. The third-order valence-corrected chi connectivity index (χ3v) is 9.25. The van der Waals surface area contributed by atoms with Crippen LogP contribution in [0, 0.1) is 20.8 Å². The number of ketones is 1. The summed E-state index contributed by atoms with van der Waals surface area (Å²) in [5, 5.41) is 12.2. The number of benzene rings is 3. The van der Waals surface area contributed by atoms with Gasteiger partial charge in [0.05, 0.1) is 34.6 Å². The van der Waals surface area contributed by atoms with Gasteiger partial charge in [-0.05, 0) is 73.4 Å². The zero-order chi connectivity index (χ0) is 32.1. The lowest BCUT2D eigenvalue weighted by Crippen LogP contribution is -2.29. The number of rotatable bonds is 7. The highest BCUT2D eigenvalue weighted by molar-refractivity contribution is 7.22. The van der Waals surface area contributed by atoms with Crippen molar-refractivity contribution >= 4 is 49.8 Å². The molecule has 1 atom stereocenters. The summed E-state index contributed by atoms with van der Waals surface area (Å²) in [4.78, 5) is 38.6. The largest absolute Gasteiger partial charge is 0.505 e. The van der Waals surface area contributed by atoms with E-state index in [2.05, 4.69) is 0 Å². The topological polar surface area (TPSA) is 106 Å². The zero-order valence-electron chi connectivity index (χ0n) is 25.6. The Labute approximate surface area is 269 Å². The van der Waals surface area contributed by atoms with E-state index < -0.39 is 17.7 Å². The van der Waals surface area contributed by atoms with E-state index in [-0.39, 0.29) is 17.0 Å². The fraction of sp³-hybridized carbons (Fsp3) is 0.167. The molecule has 1 saturated heterocycles. The molecule has 1 amide bonds. The Hall–Kier alpha value is -5.48. The van der Waals surface area contributed by atoms with E-state index in [9.17, 15) is 14.7 Å². The number of carbonyl (C=O) groups is 2. The first-order chi connectivity index (χ1) is 22.2. The van der Waals surface area contributed by atoms with Crippen LogP contribution in [-0.4, -0.2) is 38.3 Å². The predicted octanol–water partition coefficient (Wildman–Crippen LogP) is 7.08. The maximum Gasteiger partial charge on any atom is 0.301 e. The van der Waals surface area contributed by atoms with Crippen molar-refractivity contribution in [3.63, 3.8) is 0 Å². The molecule has 1 fully saturated rings. The molecule has 10 heteroatoms. The molecule has 230 valence electrons. The number of imidazole rings is 1. The first-order valence-corrected chi connectivity index (χ1v) is 15.5. The molecule has 0 aliphatic carbocycles. The van der Waals surface area contributed by atoms with Crippen LogP contribution in [0.3, 0.4) is 0 Å². The van der Waals surface area contributed by atoms with Crippen LogP contribution in [0.5, 0.6) is 11.5 Å². The number of pyridine rings is 1. The van der Waals surface area contributed by atoms with Gasteiger partial charge >= 0.3 is 5.91 Å². The molecular weight excluding hydrogens is 600 g/mol. The quantitative estimate of drug-likeness (QED) is 0.114. The van der Waals surface area contributed by atoms with Crippen molar-refractivity contribution < 1.29 is 24.2 Å². The van der Waals surface area contributed by atoms with E-state index in [0.717, 1.165) is 21.4 Å². The lowest BCUT2D eigenvalue weighted by atomic mass is 9.96. The molecule has 1 unspecified atom stereocenters. The predicted molar refractivity (Wildman–Crippen MR) is 178 cm³/mol. The van der Waals surface area contributed by atoms with Gasteiger partial charge in [0.2, 0.25) is 0 Å². The number of hydrogen-bond acceptors (Lipinski definition) is 8. The molecule has 0 bridgehead atoms. The van der Waals surface area contributed by atoms with Gasteiger partial charge in [0.15, 0.2) is 22.4 Å². The summed E-state index contributed by atoms with van der Waals surface area (Å²) in [6.07, 6.45) is 1.85. The highest BCUT2D eigenvalue weighted by Gasteiger charge is 2.49. The average molecular weight is 631 g/mol. The number of thiazole rings is 1. The Morgan fingerprint density at radius 2 is 1.74 bits per heavy atom. The second-order valence-electron chi connectivity index (χ2n) is 11.3. The van der Waals surface area contributed by atoms with Crippen molar-refractivity contribution in [2.24, 2.45) is 0 Å². The molecule has 7 rings (SSSR count). The molecule has 3 aromatic heterocycles. The Kier molecular flexibility index (Phi) is 7.29. The zero-order valence-corrected chi connectivity index (χ0v) is 26.5. The monoisotopic (exact) mass is 630 g/mol. The summed E-state index contributed by atoms with van der Waals surface area (Å²) in [5.74, 6) is -1.06. The summed E-state index contributed by atoms with van der Waals surface area (Å²) < 4.78 is 14.5. The molecule has 3 aromatic carbocycles. The minimum atomic E-state index is -1.01. The van der Waals surface area contributed by atoms with Gasteiger partial charge in [-0.2, -0.15) is 0 Å². The second kappa shape index (κ2) is 11.5. The lowest BCUT2D eigenvalue weighted by Gasteiger charge is -2.23. The summed E-state index contributed by atoms with van der Waals surface area (Å²) >= 11 is 1.31. The summed E-state index contributed by atoms with van der Waals surface area (Å²) in [6.45, 7) is 6.05. The number of aliphatic hydroxyl groups is 1. The summed E-state index contributed by atoms with van der Waals surface area (Å²) in [7, 11) is 1.53. The number of amides is 1. The van der Waals surface area contributed by atoms with Gasteiger partial charge < -0.3 is 19.0 Å². The minimum absolute atomic E-state index is 0.0791. The van der Waals surface area contributed by atoms with Crippen LogP contribution in [-0.2, 0) is 16.2 Å². The fourth-order valence-electron chi connectivity index (χ4n) is 5.85. The number of fused-ring (bicyclic) bond motifs is 2. The van der Waals surface area contributed by atoms with Gasteiger partial charge in [-0.15, -0.1) is 0 Å². The van der Waals surface area contributed by atoms with Crippen LogP contribution in [0.25, 0.3) is 21.6 Å². The molecule has 1 N–H and O–H groups in total. The van der Waals surface area contributed by atoms with Crippen LogP contribution in [0.1, 0.15) is 39.7 Å². The summed E-state index contributed by atoms with van der Waals surface area (Å²) in [5.41, 5.74) is 5.63. The third-order valence-electron chi connectivity index (χ3n) is 8.23. The number of carbonyl (C=O) groups excluding carboxylic acids is 2. The molecule has 46 heavy (non-hydrogen) atoms. The van der Waals surface area contributed by atoms with Crippen molar-refractivity contribution in [1.82, 2.24) is 14.4 Å². The number of anilines is 1. The summed E-state index contributed by atoms with van der Waals surface area (Å²) in [6, 6.07) is 23.7. The Morgan fingerprint density at radius 1 is 0.935 bits per heavy atom. The van der Waals surface area contributed by atoms with E-state index in [4.69, 9.17) is 19.4 Å². The highest BCUT2D eigenvalue weighted by atomic mass is 32.1. The van der Waals surface area contributed by atoms with Gasteiger partial charge in [-0.25, -0.2) is 9.97 Å². The van der Waals surface area contributed by atoms with E-state index >= 15 is 0 Å². The van der Waals surface area contributed by atoms with Gasteiger partial charge in [0.1, 0.15) is 17.9 Å². The maximum absolute atomic E-state index is 13.9. The smallest absolute Gasteiger partial charge is 0.301 e. The lowest BCUT2D eigenvalue weighted by molar-refractivity contribution is -0.132. The SMILES string of the molecule is COc1cc(C2/C(=C(\O)c3nc4c(C)cccn4c3C)C(=O)C(=O)N2c2nc3ccc(C)cc3s2)ccc1OCc1ccccc1. The molecule has 0 spiro atoms.